The summed E-state index contributed by atoms with van der Waals surface area (Å²) in [6.45, 7) is 12.3. The summed E-state index contributed by atoms with van der Waals surface area (Å²) in [5.74, 6) is -0.600. The third-order valence-corrected chi connectivity index (χ3v) is 6.84. The minimum absolute atomic E-state index is 0.191. The number of carboxylic acids is 1. The highest BCUT2D eigenvalue weighted by Gasteiger charge is 2.29. The summed E-state index contributed by atoms with van der Waals surface area (Å²) in [6, 6.07) is 11.7. The maximum absolute atomic E-state index is 11.5. The number of rotatable bonds is 3. The van der Waals surface area contributed by atoms with Crippen LogP contribution in [-0.4, -0.2) is 27.7 Å². The third-order valence-electron chi connectivity index (χ3n) is 5.17. The van der Waals surface area contributed by atoms with E-state index >= 15 is 0 Å². The highest BCUT2D eigenvalue weighted by atomic mass is 32.2. The number of phenolic OH excluding ortho intramolecular Hbond substituents is 1. The van der Waals surface area contributed by atoms with Gasteiger partial charge in [0.05, 0.1) is 5.69 Å². The minimum atomic E-state index is -0.932. The van der Waals surface area contributed by atoms with Crippen molar-refractivity contribution >= 4 is 46.7 Å². The molecule has 0 aromatic heterocycles. The van der Waals surface area contributed by atoms with Crippen molar-refractivity contribution in [3.63, 3.8) is 0 Å². The topological polar surface area (TPSA) is 60.8 Å². The van der Waals surface area contributed by atoms with Crippen LogP contribution in [0.25, 0.3) is 6.08 Å². The number of nitrogens with zero attached hydrogens (tertiary/aromatic N) is 1. The highest BCUT2D eigenvalue weighted by Crippen LogP contribution is 2.44. The molecule has 0 fully saturated rings. The normalized spacial score (nSPS) is 15.9. The molecule has 0 atom stereocenters. The number of fused-ring (bicyclic) bond motifs is 1. The molecule has 2 aromatic rings. The zero-order valence-electron chi connectivity index (χ0n) is 18.8. The number of hydrogen-bond acceptors (Lipinski definition) is 4. The average Bonchev–Trinajstić information content (AvgIpc) is 2.64. The number of aromatic hydroxyl groups is 1. The number of phenols is 1. The predicted molar refractivity (Wildman–Crippen MR) is 133 cm³/mol. The molecule has 164 valence electrons. The molecule has 4 nitrogen and oxygen atoms in total. The van der Waals surface area contributed by atoms with Crippen LogP contribution in [0, 0.1) is 0 Å². The third kappa shape index (κ3) is 4.96. The fourth-order valence-corrected chi connectivity index (χ4v) is 5.00. The van der Waals surface area contributed by atoms with Gasteiger partial charge in [0.2, 0.25) is 0 Å². The molecule has 0 bridgehead atoms. The van der Waals surface area contributed by atoms with Crippen LogP contribution in [0.1, 0.15) is 58.2 Å². The Bertz CT molecular complexity index is 1040. The number of aliphatic carboxylic acids is 1. The molecule has 31 heavy (non-hydrogen) atoms. The molecule has 0 amide bonds. The summed E-state index contributed by atoms with van der Waals surface area (Å²) < 4.78 is 0. The molecule has 0 unspecified atom stereocenters. The zero-order valence-corrected chi connectivity index (χ0v) is 20.4. The van der Waals surface area contributed by atoms with Gasteiger partial charge in [-0.2, -0.15) is 0 Å². The Morgan fingerprint density at radius 3 is 2.13 bits per heavy atom. The lowest BCUT2D eigenvalue weighted by molar-refractivity contribution is -0.135. The SMILES string of the molecule is CC(C)(C)c1cc(C=C2Sc3ccccc3N(CC(=O)O)C2=S)cc(C(C)(C)C)c1O. The van der Waals surface area contributed by atoms with Gasteiger partial charge in [-0.05, 0) is 46.7 Å². The molecule has 1 aliphatic heterocycles. The molecule has 0 saturated carbocycles. The van der Waals surface area contributed by atoms with E-state index in [0.29, 0.717) is 10.7 Å². The number of anilines is 1. The first kappa shape index (κ1) is 23.4. The van der Waals surface area contributed by atoms with E-state index in [9.17, 15) is 15.0 Å². The van der Waals surface area contributed by atoms with Crippen LogP contribution in [0.5, 0.6) is 5.75 Å². The van der Waals surface area contributed by atoms with Crippen molar-refractivity contribution in [1.82, 2.24) is 0 Å². The Labute approximate surface area is 194 Å². The number of benzene rings is 2. The highest BCUT2D eigenvalue weighted by molar-refractivity contribution is 8.05. The molecule has 1 aliphatic rings. The maximum atomic E-state index is 11.5. The van der Waals surface area contributed by atoms with E-state index < -0.39 is 5.97 Å². The lowest BCUT2D eigenvalue weighted by Crippen LogP contribution is -2.37. The van der Waals surface area contributed by atoms with Gasteiger partial charge >= 0.3 is 5.97 Å². The van der Waals surface area contributed by atoms with Crippen molar-refractivity contribution in [2.24, 2.45) is 0 Å². The van der Waals surface area contributed by atoms with Gasteiger partial charge in [0.1, 0.15) is 17.3 Å². The molecule has 2 aromatic carbocycles. The summed E-state index contributed by atoms with van der Waals surface area (Å²) in [6.07, 6.45) is 2.00. The van der Waals surface area contributed by atoms with Crippen LogP contribution < -0.4 is 4.90 Å². The summed E-state index contributed by atoms with van der Waals surface area (Å²) in [7, 11) is 0. The number of hydrogen-bond donors (Lipinski definition) is 2. The Hall–Kier alpha value is -2.31. The Kier molecular flexibility index (Phi) is 6.27. The predicted octanol–water partition coefficient (Wildman–Crippen LogP) is 6.35. The minimum Gasteiger partial charge on any atom is -0.507 e. The van der Waals surface area contributed by atoms with Gasteiger partial charge in [0, 0.05) is 20.9 Å². The molecule has 0 spiro atoms. The standard InChI is InChI=1S/C25H29NO3S2/c1-24(2,3)16-11-15(12-17(22(16)29)25(4,5)6)13-20-23(30)26(14-21(27)28)18-9-7-8-10-19(18)31-20/h7-13,29H,14H2,1-6H3,(H,27,28). The van der Waals surface area contributed by atoms with E-state index in [4.69, 9.17) is 12.2 Å². The summed E-state index contributed by atoms with van der Waals surface area (Å²) in [4.78, 5) is 15.4. The molecule has 0 aliphatic carbocycles. The van der Waals surface area contributed by atoms with Crippen LogP contribution in [0.4, 0.5) is 5.69 Å². The second kappa shape index (κ2) is 8.32. The van der Waals surface area contributed by atoms with Crippen LogP contribution in [-0.2, 0) is 15.6 Å². The second-order valence-electron chi connectivity index (χ2n) is 9.83. The second-order valence-corrected chi connectivity index (χ2v) is 11.3. The van der Waals surface area contributed by atoms with Gasteiger partial charge in [0.25, 0.3) is 0 Å². The smallest absolute Gasteiger partial charge is 0.323 e. The Balaban J connectivity index is 2.17. The zero-order chi connectivity index (χ0) is 23.1. The van der Waals surface area contributed by atoms with Crippen molar-refractivity contribution in [3.05, 3.63) is 58.0 Å². The first-order valence-electron chi connectivity index (χ1n) is 10.2. The van der Waals surface area contributed by atoms with Gasteiger partial charge in [0.15, 0.2) is 0 Å². The van der Waals surface area contributed by atoms with Crippen molar-refractivity contribution in [3.8, 4) is 5.75 Å². The van der Waals surface area contributed by atoms with Crippen molar-refractivity contribution in [2.45, 2.75) is 57.3 Å². The fraction of sp³-hybridized carbons (Fsp3) is 0.360. The largest absolute Gasteiger partial charge is 0.507 e. The molecular weight excluding hydrogens is 426 g/mol. The molecular formula is C25H29NO3S2. The van der Waals surface area contributed by atoms with E-state index in [0.717, 1.165) is 32.2 Å². The molecule has 0 saturated heterocycles. The van der Waals surface area contributed by atoms with E-state index in [1.54, 1.807) is 16.7 Å². The summed E-state index contributed by atoms with van der Waals surface area (Å²) in [5, 5.41) is 20.4. The molecule has 6 heteroatoms. The quantitative estimate of drug-likeness (QED) is 0.415. The first-order valence-corrected chi connectivity index (χ1v) is 11.4. The molecule has 3 rings (SSSR count). The van der Waals surface area contributed by atoms with E-state index in [1.807, 2.05) is 42.5 Å². The van der Waals surface area contributed by atoms with Gasteiger partial charge in [-0.25, -0.2) is 0 Å². The average molecular weight is 456 g/mol. The monoisotopic (exact) mass is 455 g/mol. The maximum Gasteiger partial charge on any atom is 0.323 e. The lowest BCUT2D eigenvalue weighted by Gasteiger charge is -2.32. The summed E-state index contributed by atoms with van der Waals surface area (Å²) >= 11 is 7.25. The Morgan fingerprint density at radius 1 is 1.06 bits per heavy atom. The van der Waals surface area contributed by atoms with E-state index in [1.165, 1.54) is 0 Å². The van der Waals surface area contributed by atoms with Gasteiger partial charge < -0.3 is 15.1 Å². The van der Waals surface area contributed by atoms with Crippen molar-refractivity contribution in [1.29, 1.82) is 0 Å². The van der Waals surface area contributed by atoms with Crippen molar-refractivity contribution in [2.75, 3.05) is 11.4 Å². The summed E-state index contributed by atoms with van der Waals surface area (Å²) in [5.41, 5.74) is 3.03. The van der Waals surface area contributed by atoms with E-state index in [-0.39, 0.29) is 17.4 Å². The lowest BCUT2D eigenvalue weighted by atomic mass is 9.78. The fourth-order valence-electron chi connectivity index (χ4n) is 3.59. The van der Waals surface area contributed by atoms with Crippen LogP contribution in [0.3, 0.4) is 0 Å². The van der Waals surface area contributed by atoms with Gasteiger partial charge in [-0.15, -0.1) is 0 Å². The van der Waals surface area contributed by atoms with Gasteiger partial charge in [-0.3, -0.25) is 4.79 Å². The first-order chi connectivity index (χ1) is 14.3. The van der Waals surface area contributed by atoms with Crippen molar-refractivity contribution < 1.29 is 15.0 Å². The number of para-hydroxylation sites is 1. The molecule has 1 heterocycles. The van der Waals surface area contributed by atoms with Crippen LogP contribution in [0.15, 0.2) is 46.2 Å². The number of carboxylic acid groups (broad SMARTS) is 1. The number of carbonyl (C=O) groups is 1. The van der Waals surface area contributed by atoms with Crippen LogP contribution in [0.2, 0.25) is 0 Å². The number of thiocarbonyl (C=S) groups is 1. The molecule has 0 radical (unpaired) electrons. The van der Waals surface area contributed by atoms with Crippen LogP contribution >= 0.6 is 24.0 Å². The molecule has 2 N–H and O–H groups in total. The van der Waals surface area contributed by atoms with E-state index in [2.05, 4.69) is 41.5 Å². The van der Waals surface area contributed by atoms with Gasteiger partial charge in [-0.1, -0.05) is 77.7 Å². The number of thioether (sulfide) groups is 1. The Morgan fingerprint density at radius 2 is 1.61 bits per heavy atom.